The van der Waals surface area contributed by atoms with Crippen molar-refractivity contribution < 1.29 is 19.1 Å². The van der Waals surface area contributed by atoms with Crippen LogP contribution in [0.25, 0.3) is 0 Å². The van der Waals surface area contributed by atoms with E-state index in [2.05, 4.69) is 5.32 Å². The minimum absolute atomic E-state index is 0.0708. The van der Waals surface area contributed by atoms with Crippen LogP contribution in [0.1, 0.15) is 25.8 Å². The van der Waals surface area contributed by atoms with E-state index in [1.54, 1.807) is 24.3 Å². The van der Waals surface area contributed by atoms with E-state index in [1.165, 1.54) is 4.90 Å². The molecule has 0 aromatic heterocycles. The monoisotopic (exact) mass is 418 g/mol. The van der Waals surface area contributed by atoms with Crippen LogP contribution in [-0.4, -0.2) is 43.0 Å². The number of halogens is 1. The van der Waals surface area contributed by atoms with Crippen molar-refractivity contribution in [2.45, 2.75) is 27.2 Å². The number of hydrogen-bond donors (Lipinski definition) is 1. The second-order valence-corrected chi connectivity index (χ2v) is 6.94. The van der Waals surface area contributed by atoms with Crippen LogP contribution in [0.4, 0.5) is 5.69 Å². The lowest BCUT2D eigenvalue weighted by atomic mass is 10.2. The van der Waals surface area contributed by atoms with Gasteiger partial charge in [0.25, 0.3) is 5.91 Å². The van der Waals surface area contributed by atoms with Crippen LogP contribution < -0.4 is 14.8 Å². The van der Waals surface area contributed by atoms with E-state index in [0.717, 1.165) is 12.0 Å². The van der Waals surface area contributed by atoms with Crippen molar-refractivity contribution in [2.24, 2.45) is 0 Å². The Morgan fingerprint density at radius 2 is 1.76 bits per heavy atom. The van der Waals surface area contributed by atoms with Crippen LogP contribution >= 0.6 is 11.6 Å². The molecule has 0 unspecified atom stereocenters. The van der Waals surface area contributed by atoms with Crippen molar-refractivity contribution in [3.63, 3.8) is 0 Å². The summed E-state index contributed by atoms with van der Waals surface area (Å²) in [5, 5.41) is 3.33. The zero-order chi connectivity index (χ0) is 21.2. The van der Waals surface area contributed by atoms with E-state index in [-0.39, 0.29) is 25.0 Å². The Kier molecular flexibility index (Phi) is 8.80. The lowest BCUT2D eigenvalue weighted by molar-refractivity contribution is -0.136. The minimum Gasteiger partial charge on any atom is -0.490 e. The summed E-state index contributed by atoms with van der Waals surface area (Å²) in [5.74, 6) is 0.525. The molecule has 156 valence electrons. The number of anilines is 1. The fraction of sp³-hybridized carbons (Fsp3) is 0.364. The van der Waals surface area contributed by atoms with Gasteiger partial charge in [-0.15, -0.1) is 0 Å². The van der Waals surface area contributed by atoms with Gasteiger partial charge in [0.15, 0.2) is 18.1 Å². The van der Waals surface area contributed by atoms with Crippen LogP contribution in [0.15, 0.2) is 42.5 Å². The van der Waals surface area contributed by atoms with Crippen molar-refractivity contribution >= 4 is 29.1 Å². The number of likely N-dealkylation sites (N-methyl/N-ethyl adjacent to an activating group) is 1. The molecule has 0 aliphatic heterocycles. The number of para-hydroxylation sites is 2. The summed E-state index contributed by atoms with van der Waals surface area (Å²) in [6, 6.07) is 12.5. The number of carbonyl (C=O) groups excluding carboxylic acids is 2. The normalized spacial score (nSPS) is 10.3. The number of rotatable bonds is 10. The third kappa shape index (κ3) is 6.98. The molecule has 6 nitrogen and oxygen atoms in total. The quantitative estimate of drug-likeness (QED) is 0.624. The average molecular weight is 419 g/mol. The molecule has 2 amide bonds. The van der Waals surface area contributed by atoms with Crippen molar-refractivity contribution in [1.29, 1.82) is 0 Å². The molecule has 0 aliphatic carbocycles. The molecular weight excluding hydrogens is 392 g/mol. The third-order valence-electron chi connectivity index (χ3n) is 4.20. The zero-order valence-electron chi connectivity index (χ0n) is 17.0. The van der Waals surface area contributed by atoms with Gasteiger partial charge < -0.3 is 19.7 Å². The number of amides is 2. The number of carbonyl (C=O) groups is 2. The van der Waals surface area contributed by atoms with Gasteiger partial charge in [0.05, 0.1) is 13.2 Å². The van der Waals surface area contributed by atoms with E-state index < -0.39 is 0 Å². The Morgan fingerprint density at radius 1 is 1.07 bits per heavy atom. The summed E-state index contributed by atoms with van der Waals surface area (Å²) in [7, 11) is 0. The molecule has 0 bridgehead atoms. The fourth-order valence-corrected chi connectivity index (χ4v) is 2.77. The Labute approximate surface area is 176 Å². The molecule has 0 heterocycles. The van der Waals surface area contributed by atoms with E-state index in [9.17, 15) is 9.59 Å². The van der Waals surface area contributed by atoms with Crippen LogP contribution in [0.3, 0.4) is 0 Å². The summed E-state index contributed by atoms with van der Waals surface area (Å²) >= 11 is 5.99. The SMILES string of the molecule is CCCOc1ccccc1OCC(=O)N(CC)CC(=O)Nc1cc(Cl)ccc1C. The van der Waals surface area contributed by atoms with Gasteiger partial charge in [0.2, 0.25) is 5.91 Å². The average Bonchev–Trinajstić information content (AvgIpc) is 2.71. The topological polar surface area (TPSA) is 67.9 Å². The molecule has 0 atom stereocenters. The summed E-state index contributed by atoms with van der Waals surface area (Å²) in [5.41, 5.74) is 1.52. The first-order chi connectivity index (χ1) is 13.9. The molecule has 2 aromatic carbocycles. The number of nitrogens with one attached hydrogen (secondary N) is 1. The van der Waals surface area contributed by atoms with Gasteiger partial charge in [-0.05, 0) is 50.1 Å². The molecule has 0 spiro atoms. The smallest absolute Gasteiger partial charge is 0.260 e. The van der Waals surface area contributed by atoms with Gasteiger partial charge in [0, 0.05) is 17.3 Å². The second kappa shape index (κ2) is 11.3. The van der Waals surface area contributed by atoms with Crippen LogP contribution in [0.2, 0.25) is 5.02 Å². The van der Waals surface area contributed by atoms with Gasteiger partial charge in [0.1, 0.15) is 0 Å². The Hall–Kier alpha value is -2.73. The molecule has 0 fully saturated rings. The maximum Gasteiger partial charge on any atom is 0.260 e. The number of nitrogens with zero attached hydrogens (tertiary/aromatic N) is 1. The van der Waals surface area contributed by atoms with Crippen LogP contribution in [0.5, 0.6) is 11.5 Å². The highest BCUT2D eigenvalue weighted by Gasteiger charge is 2.17. The van der Waals surface area contributed by atoms with Crippen LogP contribution in [-0.2, 0) is 9.59 Å². The highest BCUT2D eigenvalue weighted by atomic mass is 35.5. The maximum atomic E-state index is 12.5. The van der Waals surface area contributed by atoms with Crippen molar-refractivity contribution in [3.05, 3.63) is 53.1 Å². The molecule has 7 heteroatoms. The number of benzene rings is 2. The maximum absolute atomic E-state index is 12.5. The molecule has 2 rings (SSSR count). The van der Waals surface area contributed by atoms with Gasteiger partial charge in [-0.2, -0.15) is 0 Å². The highest BCUT2D eigenvalue weighted by molar-refractivity contribution is 6.31. The van der Waals surface area contributed by atoms with Crippen LogP contribution in [0, 0.1) is 6.92 Å². The zero-order valence-corrected chi connectivity index (χ0v) is 17.8. The first-order valence-electron chi connectivity index (χ1n) is 9.63. The molecule has 0 saturated carbocycles. The third-order valence-corrected chi connectivity index (χ3v) is 4.44. The summed E-state index contributed by atoms with van der Waals surface area (Å²) in [6.07, 6.45) is 0.873. The second-order valence-electron chi connectivity index (χ2n) is 6.50. The molecule has 1 N–H and O–H groups in total. The largest absolute Gasteiger partial charge is 0.490 e. The van der Waals surface area contributed by atoms with Crippen molar-refractivity contribution in [2.75, 3.05) is 31.6 Å². The molecule has 29 heavy (non-hydrogen) atoms. The Balaban J connectivity index is 1.93. The molecule has 0 aliphatic rings. The lowest BCUT2D eigenvalue weighted by Crippen LogP contribution is -2.40. The molecule has 2 aromatic rings. The van der Waals surface area contributed by atoms with Gasteiger partial charge in [-0.25, -0.2) is 0 Å². The van der Waals surface area contributed by atoms with Crippen molar-refractivity contribution in [3.8, 4) is 11.5 Å². The van der Waals surface area contributed by atoms with Crippen molar-refractivity contribution in [1.82, 2.24) is 4.90 Å². The number of ether oxygens (including phenoxy) is 2. The molecular formula is C22H27ClN2O4. The molecule has 0 saturated heterocycles. The standard InChI is InChI=1S/C22H27ClN2O4/c1-4-12-28-19-8-6-7-9-20(19)29-15-22(27)25(5-2)14-21(26)24-18-13-17(23)11-10-16(18)3/h6-11,13H,4-5,12,14-15H2,1-3H3,(H,24,26). The van der Waals surface area contributed by atoms with E-state index in [0.29, 0.717) is 35.4 Å². The lowest BCUT2D eigenvalue weighted by Gasteiger charge is -2.21. The van der Waals surface area contributed by atoms with E-state index in [4.69, 9.17) is 21.1 Å². The van der Waals surface area contributed by atoms with Gasteiger partial charge in [-0.1, -0.05) is 36.7 Å². The summed E-state index contributed by atoms with van der Waals surface area (Å²) in [4.78, 5) is 26.4. The van der Waals surface area contributed by atoms with Gasteiger partial charge >= 0.3 is 0 Å². The number of hydrogen-bond acceptors (Lipinski definition) is 4. The summed E-state index contributed by atoms with van der Waals surface area (Å²) < 4.78 is 11.3. The minimum atomic E-state index is -0.294. The van der Waals surface area contributed by atoms with E-state index >= 15 is 0 Å². The first-order valence-corrected chi connectivity index (χ1v) is 10.0. The fourth-order valence-electron chi connectivity index (χ4n) is 2.60. The predicted octanol–water partition coefficient (Wildman–Crippen LogP) is 4.30. The highest BCUT2D eigenvalue weighted by Crippen LogP contribution is 2.26. The Morgan fingerprint density at radius 3 is 2.41 bits per heavy atom. The first kappa shape index (κ1) is 22.6. The molecule has 0 radical (unpaired) electrons. The predicted molar refractivity (Wildman–Crippen MR) is 115 cm³/mol. The number of aryl methyl sites for hydroxylation is 1. The Bertz CT molecular complexity index is 841. The summed E-state index contributed by atoms with van der Waals surface area (Å²) in [6.45, 7) is 6.41. The van der Waals surface area contributed by atoms with Gasteiger partial charge in [-0.3, -0.25) is 9.59 Å². The van der Waals surface area contributed by atoms with E-state index in [1.807, 2.05) is 39.0 Å².